The van der Waals surface area contributed by atoms with E-state index in [1.807, 2.05) is 44.2 Å². The molecule has 0 fully saturated rings. The van der Waals surface area contributed by atoms with Crippen LogP contribution in [-0.2, 0) is 21.2 Å². The third-order valence-electron chi connectivity index (χ3n) is 5.25. The fraction of sp³-hybridized carbons (Fsp3) is 0.240. The van der Waals surface area contributed by atoms with Crippen molar-refractivity contribution in [3.05, 3.63) is 72.3 Å². The lowest BCUT2D eigenvalue weighted by Crippen LogP contribution is -2.45. The first-order valence-electron chi connectivity index (χ1n) is 11.4. The van der Waals surface area contributed by atoms with Gasteiger partial charge in [0.05, 0.1) is 30.6 Å². The Morgan fingerprint density at radius 2 is 1.75 bits per heavy atom. The summed E-state index contributed by atoms with van der Waals surface area (Å²) in [6, 6.07) is 17.9. The van der Waals surface area contributed by atoms with Crippen LogP contribution >= 0.6 is 11.7 Å². The molecule has 1 atom stereocenters. The molecule has 9 nitrogen and oxygen atoms in total. The van der Waals surface area contributed by atoms with Crippen molar-refractivity contribution in [2.24, 2.45) is 0 Å². The molecule has 0 saturated heterocycles. The molecule has 0 aliphatic heterocycles. The van der Waals surface area contributed by atoms with Gasteiger partial charge in [-0.05, 0) is 50.1 Å². The van der Waals surface area contributed by atoms with Crippen molar-refractivity contribution in [3.8, 4) is 11.5 Å². The second kappa shape index (κ2) is 11.5. The Morgan fingerprint density at radius 1 is 0.972 bits per heavy atom. The zero-order chi connectivity index (χ0) is 25.5. The van der Waals surface area contributed by atoms with E-state index in [0.29, 0.717) is 35.9 Å². The number of hydrogen-bond acceptors (Lipinski definition) is 8. The number of aromatic nitrogens is 2. The van der Waals surface area contributed by atoms with Crippen molar-refractivity contribution < 1.29 is 22.7 Å². The van der Waals surface area contributed by atoms with Gasteiger partial charge in [0.1, 0.15) is 33.5 Å². The van der Waals surface area contributed by atoms with Crippen molar-refractivity contribution in [3.63, 3.8) is 0 Å². The zero-order valence-corrected chi connectivity index (χ0v) is 21.4. The first kappa shape index (κ1) is 25.5. The highest BCUT2D eigenvalue weighted by atomic mass is 32.2. The topological polar surface area (TPSA) is 120 Å². The number of carbonyl (C=O) groups is 1. The average molecular weight is 527 g/mol. The largest absolute Gasteiger partial charge is 0.494 e. The van der Waals surface area contributed by atoms with Crippen molar-refractivity contribution in [2.45, 2.75) is 31.2 Å². The minimum absolute atomic E-state index is 0.0343. The number of fused-ring (bicyclic) bond motifs is 1. The van der Waals surface area contributed by atoms with E-state index in [1.54, 1.807) is 30.3 Å². The van der Waals surface area contributed by atoms with Crippen molar-refractivity contribution in [1.29, 1.82) is 0 Å². The van der Waals surface area contributed by atoms with Crippen LogP contribution in [0.3, 0.4) is 0 Å². The molecule has 0 bridgehead atoms. The summed E-state index contributed by atoms with van der Waals surface area (Å²) in [6.07, 6.45) is 0.131. The van der Waals surface area contributed by atoms with E-state index >= 15 is 0 Å². The summed E-state index contributed by atoms with van der Waals surface area (Å²) in [7, 11) is -4.11. The number of nitrogens with zero attached hydrogens (tertiary/aromatic N) is 2. The maximum Gasteiger partial charge on any atom is 0.243 e. The SMILES string of the molecule is CCOc1ccc(OCC)c(NC(=O)[C@H](Cc2ccccc2)NS(=O)(=O)c2cccc3nsnc23)c1. The van der Waals surface area contributed by atoms with E-state index in [4.69, 9.17) is 9.47 Å². The summed E-state index contributed by atoms with van der Waals surface area (Å²) in [5.74, 6) is 0.466. The molecule has 4 rings (SSSR count). The van der Waals surface area contributed by atoms with E-state index in [0.717, 1.165) is 17.3 Å². The van der Waals surface area contributed by atoms with Crippen LogP contribution in [-0.4, -0.2) is 42.3 Å². The van der Waals surface area contributed by atoms with Crippen LogP contribution in [0.15, 0.2) is 71.6 Å². The smallest absolute Gasteiger partial charge is 0.243 e. The van der Waals surface area contributed by atoms with Gasteiger partial charge in [0, 0.05) is 6.07 Å². The third kappa shape index (κ3) is 5.99. The molecule has 4 aromatic rings. The third-order valence-corrected chi connectivity index (χ3v) is 7.30. The lowest BCUT2D eigenvalue weighted by Gasteiger charge is -2.20. The molecular weight excluding hydrogens is 500 g/mol. The van der Waals surface area contributed by atoms with Crippen molar-refractivity contribution in [1.82, 2.24) is 13.5 Å². The van der Waals surface area contributed by atoms with Crippen molar-refractivity contribution in [2.75, 3.05) is 18.5 Å². The van der Waals surface area contributed by atoms with Gasteiger partial charge in [-0.1, -0.05) is 36.4 Å². The highest BCUT2D eigenvalue weighted by molar-refractivity contribution is 7.89. The molecule has 0 saturated carbocycles. The Bertz CT molecular complexity index is 1440. The summed E-state index contributed by atoms with van der Waals surface area (Å²) < 4.78 is 48.9. The molecule has 0 aliphatic rings. The molecule has 0 radical (unpaired) electrons. The van der Waals surface area contributed by atoms with E-state index in [9.17, 15) is 13.2 Å². The molecule has 1 heterocycles. The number of amides is 1. The normalized spacial score (nSPS) is 12.3. The van der Waals surface area contributed by atoms with Gasteiger partial charge >= 0.3 is 0 Å². The average Bonchev–Trinajstić information content (AvgIpc) is 3.35. The molecule has 0 spiro atoms. The van der Waals surface area contributed by atoms with Gasteiger partial charge in [-0.3, -0.25) is 4.79 Å². The lowest BCUT2D eigenvalue weighted by molar-refractivity contribution is -0.117. The number of anilines is 1. The van der Waals surface area contributed by atoms with Crippen LogP contribution in [0.4, 0.5) is 5.69 Å². The number of carbonyl (C=O) groups excluding carboxylic acids is 1. The Morgan fingerprint density at radius 3 is 2.50 bits per heavy atom. The fourth-order valence-electron chi connectivity index (χ4n) is 3.65. The highest BCUT2D eigenvalue weighted by Crippen LogP contribution is 2.30. The zero-order valence-electron chi connectivity index (χ0n) is 19.8. The molecule has 36 heavy (non-hydrogen) atoms. The molecule has 2 N–H and O–H groups in total. The van der Waals surface area contributed by atoms with E-state index in [-0.39, 0.29) is 16.8 Å². The molecule has 3 aromatic carbocycles. The minimum Gasteiger partial charge on any atom is -0.494 e. The second-order valence-electron chi connectivity index (χ2n) is 7.76. The van der Waals surface area contributed by atoms with Gasteiger partial charge in [0.25, 0.3) is 0 Å². The molecule has 188 valence electrons. The number of benzene rings is 3. The molecule has 1 amide bonds. The van der Waals surface area contributed by atoms with Gasteiger partial charge in [-0.2, -0.15) is 13.5 Å². The minimum atomic E-state index is -4.11. The Balaban J connectivity index is 1.66. The van der Waals surface area contributed by atoms with E-state index in [1.165, 1.54) is 6.07 Å². The maximum atomic E-state index is 13.5. The van der Waals surface area contributed by atoms with Gasteiger partial charge in [-0.25, -0.2) is 8.42 Å². The number of hydrogen-bond donors (Lipinski definition) is 2. The lowest BCUT2D eigenvalue weighted by atomic mass is 10.1. The Labute approximate surface area is 213 Å². The van der Waals surface area contributed by atoms with Crippen LogP contribution < -0.4 is 19.5 Å². The summed E-state index contributed by atoms with van der Waals surface area (Å²) in [6.45, 7) is 4.54. The maximum absolute atomic E-state index is 13.5. The predicted octanol–water partition coefficient (Wildman–Crippen LogP) is 4.02. The van der Waals surface area contributed by atoms with Crippen molar-refractivity contribution >= 4 is 44.4 Å². The monoisotopic (exact) mass is 526 g/mol. The number of nitrogens with one attached hydrogen (secondary N) is 2. The number of rotatable bonds is 11. The summed E-state index contributed by atoms with van der Waals surface area (Å²) in [5.41, 5.74) is 1.91. The Kier molecular flexibility index (Phi) is 8.14. The highest BCUT2D eigenvalue weighted by Gasteiger charge is 2.29. The van der Waals surface area contributed by atoms with Gasteiger partial charge < -0.3 is 14.8 Å². The van der Waals surface area contributed by atoms with Crippen LogP contribution in [0, 0.1) is 0 Å². The molecule has 11 heteroatoms. The van der Waals surface area contributed by atoms with E-state index < -0.39 is 22.0 Å². The summed E-state index contributed by atoms with van der Waals surface area (Å²) >= 11 is 0.927. The summed E-state index contributed by atoms with van der Waals surface area (Å²) in [5, 5.41) is 2.82. The Hall–Kier alpha value is -3.54. The first-order chi connectivity index (χ1) is 17.4. The van der Waals surface area contributed by atoms with Gasteiger partial charge in [0.2, 0.25) is 15.9 Å². The predicted molar refractivity (Wildman–Crippen MR) is 139 cm³/mol. The van der Waals surface area contributed by atoms with Gasteiger partial charge in [0.15, 0.2) is 0 Å². The number of sulfonamides is 1. The standard InChI is InChI=1S/C25H26N4O5S2/c1-3-33-18-13-14-22(34-4-2)20(16-18)26-25(30)21(15-17-9-6-5-7-10-17)29-36(31,32)23-12-8-11-19-24(23)28-35-27-19/h5-14,16,21,29H,3-4,15H2,1-2H3,(H,26,30)/t21-/m0/s1. The van der Waals surface area contributed by atoms with Crippen LogP contribution in [0.1, 0.15) is 19.4 Å². The molecule has 1 aromatic heterocycles. The number of ether oxygens (including phenoxy) is 2. The molecule has 0 unspecified atom stereocenters. The van der Waals surface area contributed by atoms with Crippen LogP contribution in [0.25, 0.3) is 11.0 Å². The van der Waals surface area contributed by atoms with E-state index in [2.05, 4.69) is 18.8 Å². The van der Waals surface area contributed by atoms with Crippen LogP contribution in [0.5, 0.6) is 11.5 Å². The van der Waals surface area contributed by atoms with Gasteiger partial charge in [-0.15, -0.1) is 0 Å². The summed E-state index contributed by atoms with van der Waals surface area (Å²) in [4.78, 5) is 13.5. The first-order valence-corrected chi connectivity index (χ1v) is 13.6. The molecule has 0 aliphatic carbocycles. The van der Waals surface area contributed by atoms with Crippen LogP contribution in [0.2, 0.25) is 0 Å². The fourth-order valence-corrected chi connectivity index (χ4v) is 5.61. The molecular formula is C25H26N4O5S2. The second-order valence-corrected chi connectivity index (χ2v) is 9.98. The quantitative estimate of drug-likeness (QED) is 0.303.